The highest BCUT2D eigenvalue weighted by atomic mass is 32.1. The molecule has 2 rings (SSSR count). The van der Waals surface area contributed by atoms with Gasteiger partial charge in [-0.25, -0.2) is 0 Å². The molecule has 0 amide bonds. The predicted molar refractivity (Wildman–Crippen MR) is 83.3 cm³/mol. The van der Waals surface area contributed by atoms with Crippen molar-refractivity contribution in [3.05, 3.63) is 52.9 Å². The van der Waals surface area contributed by atoms with E-state index in [0.717, 1.165) is 5.57 Å². The molecule has 0 bridgehead atoms. The Balaban J connectivity index is 2.45. The van der Waals surface area contributed by atoms with Crippen LogP contribution in [0.3, 0.4) is 0 Å². The lowest BCUT2D eigenvalue weighted by molar-refractivity contribution is 0.865. The number of allylic oxidation sites excluding steroid dienone is 1. The van der Waals surface area contributed by atoms with Gasteiger partial charge in [0.2, 0.25) is 0 Å². The summed E-state index contributed by atoms with van der Waals surface area (Å²) in [4.78, 5) is 2.79. The highest BCUT2D eigenvalue weighted by Crippen LogP contribution is 2.35. The molecule has 0 saturated carbocycles. The van der Waals surface area contributed by atoms with Crippen LogP contribution in [-0.2, 0) is 0 Å². The molecule has 1 heteroatoms. The summed E-state index contributed by atoms with van der Waals surface area (Å²) >= 11 is 1.89. The first-order valence-corrected chi connectivity index (χ1v) is 7.17. The largest absolute Gasteiger partial charge is 0.140 e. The Hall–Kier alpha value is -1.34. The third kappa shape index (κ3) is 2.56. The van der Waals surface area contributed by atoms with Gasteiger partial charge in [0.1, 0.15) is 0 Å². The minimum Gasteiger partial charge on any atom is -0.140 e. The lowest BCUT2D eigenvalue weighted by Gasteiger charge is -2.03. The molecule has 0 aliphatic carbocycles. The molecule has 18 heavy (non-hydrogen) atoms. The second kappa shape index (κ2) is 5.11. The molecule has 0 saturated heterocycles. The van der Waals surface area contributed by atoms with E-state index in [4.69, 9.17) is 0 Å². The normalized spacial score (nSPS) is 10.9. The lowest BCUT2D eigenvalue weighted by atomic mass is 10.0. The van der Waals surface area contributed by atoms with E-state index < -0.39 is 0 Å². The van der Waals surface area contributed by atoms with Crippen LogP contribution in [0.15, 0.2) is 36.9 Å². The highest BCUT2D eigenvalue weighted by molar-refractivity contribution is 7.15. The summed E-state index contributed by atoms with van der Waals surface area (Å²) in [5.74, 6) is 0.597. The van der Waals surface area contributed by atoms with Gasteiger partial charge in [0.05, 0.1) is 0 Å². The number of hydrogen-bond donors (Lipinski definition) is 0. The first-order chi connectivity index (χ1) is 8.49. The second-order valence-corrected chi connectivity index (χ2v) is 6.39. The molecule has 0 unspecified atom stereocenters. The fourth-order valence-electron chi connectivity index (χ4n) is 2.15. The van der Waals surface area contributed by atoms with Crippen molar-refractivity contribution in [3.63, 3.8) is 0 Å². The Bertz CT molecular complexity index is 573. The van der Waals surface area contributed by atoms with Crippen LogP contribution in [0.1, 0.15) is 42.7 Å². The zero-order valence-corrected chi connectivity index (χ0v) is 12.4. The van der Waals surface area contributed by atoms with Crippen LogP contribution >= 0.6 is 11.3 Å². The van der Waals surface area contributed by atoms with Crippen LogP contribution < -0.4 is 0 Å². The van der Waals surface area contributed by atoms with E-state index in [0.29, 0.717) is 5.92 Å². The Morgan fingerprint density at radius 1 is 1.22 bits per heavy atom. The van der Waals surface area contributed by atoms with Crippen molar-refractivity contribution >= 4 is 16.9 Å². The zero-order valence-electron chi connectivity index (χ0n) is 11.6. The van der Waals surface area contributed by atoms with Gasteiger partial charge in [-0.1, -0.05) is 44.2 Å². The number of hydrogen-bond acceptors (Lipinski definition) is 1. The minimum absolute atomic E-state index is 0.597. The monoisotopic (exact) mass is 256 g/mol. The fraction of sp³-hybridized carbons (Fsp3) is 0.294. The van der Waals surface area contributed by atoms with Crippen molar-refractivity contribution in [2.45, 2.75) is 33.6 Å². The van der Waals surface area contributed by atoms with Gasteiger partial charge in [-0.2, -0.15) is 0 Å². The average Bonchev–Trinajstić information content (AvgIpc) is 2.71. The molecular formula is C17H20S. The molecule has 0 fully saturated rings. The molecule has 1 aromatic carbocycles. The minimum atomic E-state index is 0.597. The Kier molecular flexibility index (Phi) is 3.72. The predicted octanol–water partition coefficient (Wildman–Crippen LogP) is 5.88. The standard InChI is InChI=1S/C17H20S/c1-11(2)14-7-6-8-15(9-14)17-10-16(12(3)4)13(5)18-17/h6-10,12H,1H2,2-5H3. The lowest BCUT2D eigenvalue weighted by Crippen LogP contribution is -1.84. The van der Waals surface area contributed by atoms with Gasteiger partial charge >= 0.3 is 0 Å². The average molecular weight is 256 g/mol. The van der Waals surface area contributed by atoms with E-state index >= 15 is 0 Å². The van der Waals surface area contributed by atoms with Gasteiger partial charge in [0.25, 0.3) is 0 Å². The van der Waals surface area contributed by atoms with Crippen LogP contribution in [0.25, 0.3) is 16.0 Å². The van der Waals surface area contributed by atoms with Crippen LogP contribution in [0.5, 0.6) is 0 Å². The summed E-state index contributed by atoms with van der Waals surface area (Å²) in [7, 11) is 0. The molecule has 0 radical (unpaired) electrons. The highest BCUT2D eigenvalue weighted by Gasteiger charge is 2.10. The van der Waals surface area contributed by atoms with Crippen LogP contribution in [-0.4, -0.2) is 0 Å². The maximum Gasteiger partial charge on any atom is 0.0348 e. The van der Waals surface area contributed by atoms with Crippen LogP contribution in [0, 0.1) is 6.92 Å². The van der Waals surface area contributed by atoms with E-state index in [9.17, 15) is 0 Å². The van der Waals surface area contributed by atoms with Crippen molar-refractivity contribution in [1.82, 2.24) is 0 Å². The molecule has 94 valence electrons. The van der Waals surface area contributed by atoms with Crippen molar-refractivity contribution in [3.8, 4) is 10.4 Å². The molecule has 1 heterocycles. The Morgan fingerprint density at radius 2 is 1.94 bits per heavy atom. The molecule has 1 aromatic heterocycles. The van der Waals surface area contributed by atoms with Crippen molar-refractivity contribution in [1.29, 1.82) is 0 Å². The summed E-state index contributed by atoms with van der Waals surface area (Å²) < 4.78 is 0. The molecule has 0 spiro atoms. The zero-order chi connectivity index (χ0) is 13.3. The Labute approximate surface area is 114 Å². The van der Waals surface area contributed by atoms with Gasteiger partial charge < -0.3 is 0 Å². The van der Waals surface area contributed by atoms with Crippen molar-refractivity contribution < 1.29 is 0 Å². The van der Waals surface area contributed by atoms with Gasteiger partial charge in [-0.3, -0.25) is 0 Å². The summed E-state index contributed by atoms with van der Waals surface area (Å²) in [5, 5.41) is 0. The smallest absolute Gasteiger partial charge is 0.0348 e. The molecular weight excluding hydrogens is 236 g/mol. The molecule has 0 N–H and O–H groups in total. The van der Waals surface area contributed by atoms with E-state index in [-0.39, 0.29) is 0 Å². The Morgan fingerprint density at radius 3 is 2.50 bits per heavy atom. The summed E-state index contributed by atoms with van der Waals surface area (Å²) in [6.07, 6.45) is 0. The number of thiophene rings is 1. The van der Waals surface area contributed by atoms with E-state index in [2.05, 4.69) is 64.6 Å². The first-order valence-electron chi connectivity index (χ1n) is 6.35. The number of benzene rings is 1. The summed E-state index contributed by atoms with van der Waals surface area (Å²) in [5.41, 5.74) is 5.12. The topological polar surface area (TPSA) is 0 Å². The van der Waals surface area contributed by atoms with Crippen molar-refractivity contribution in [2.75, 3.05) is 0 Å². The second-order valence-electron chi connectivity index (χ2n) is 5.14. The maximum atomic E-state index is 4.01. The molecule has 0 atom stereocenters. The van der Waals surface area contributed by atoms with Crippen LogP contribution in [0.2, 0.25) is 0 Å². The first kappa shape index (κ1) is 13.1. The van der Waals surface area contributed by atoms with Gasteiger partial charge in [0, 0.05) is 9.75 Å². The van der Waals surface area contributed by atoms with E-state index in [1.54, 1.807) is 0 Å². The van der Waals surface area contributed by atoms with Crippen molar-refractivity contribution in [2.24, 2.45) is 0 Å². The van der Waals surface area contributed by atoms with Crippen LogP contribution in [0.4, 0.5) is 0 Å². The van der Waals surface area contributed by atoms with Gasteiger partial charge in [-0.15, -0.1) is 11.3 Å². The van der Waals surface area contributed by atoms with Gasteiger partial charge in [-0.05, 0) is 48.6 Å². The quantitative estimate of drug-likeness (QED) is 0.643. The summed E-state index contributed by atoms with van der Waals surface area (Å²) in [6, 6.07) is 11.0. The SMILES string of the molecule is C=C(C)c1cccc(-c2cc(C(C)C)c(C)s2)c1. The number of rotatable bonds is 3. The third-order valence-electron chi connectivity index (χ3n) is 3.22. The molecule has 0 nitrogen and oxygen atoms in total. The maximum absolute atomic E-state index is 4.01. The van der Waals surface area contributed by atoms with E-state index in [1.165, 1.54) is 26.4 Å². The fourth-order valence-corrected chi connectivity index (χ4v) is 3.32. The number of aryl methyl sites for hydroxylation is 1. The van der Waals surface area contributed by atoms with Gasteiger partial charge in [0.15, 0.2) is 0 Å². The summed E-state index contributed by atoms with van der Waals surface area (Å²) in [6.45, 7) is 12.8. The van der Waals surface area contributed by atoms with E-state index in [1.807, 2.05) is 11.3 Å². The molecule has 0 aliphatic rings. The molecule has 2 aromatic rings. The third-order valence-corrected chi connectivity index (χ3v) is 4.33. The molecule has 0 aliphatic heterocycles.